The van der Waals surface area contributed by atoms with Gasteiger partial charge < -0.3 is 39.0 Å². The lowest BCUT2D eigenvalue weighted by Gasteiger charge is -2.41. The first-order valence-corrected chi connectivity index (χ1v) is 21.9. The number of esters is 2. The highest BCUT2D eigenvalue weighted by atomic mass is 16.5. The van der Waals surface area contributed by atoms with Crippen LogP contribution in [0.3, 0.4) is 0 Å². The van der Waals surface area contributed by atoms with E-state index in [9.17, 15) is 19.2 Å². The fourth-order valence-electron chi connectivity index (χ4n) is 10.2. The van der Waals surface area contributed by atoms with E-state index in [1.807, 2.05) is 97.1 Å². The lowest BCUT2D eigenvalue weighted by molar-refractivity contribution is -0.155. The minimum Gasteiger partial charge on any atom is -0.467 e. The van der Waals surface area contributed by atoms with Gasteiger partial charge in [-0.15, -0.1) is 0 Å². The van der Waals surface area contributed by atoms with E-state index in [0.29, 0.717) is 38.5 Å². The van der Waals surface area contributed by atoms with Crippen molar-refractivity contribution in [2.24, 2.45) is 0 Å². The quantitative estimate of drug-likeness (QED) is 0.133. The van der Waals surface area contributed by atoms with Crippen LogP contribution in [0.4, 0.5) is 0 Å². The van der Waals surface area contributed by atoms with E-state index < -0.39 is 36.1 Å². The van der Waals surface area contributed by atoms with Gasteiger partial charge in [0, 0.05) is 85.1 Å². The summed E-state index contributed by atoms with van der Waals surface area (Å²) < 4.78 is 10.6. The molecule has 2 amide bonds. The molecule has 5 heterocycles. The topological polar surface area (TPSA) is 131 Å². The highest BCUT2D eigenvalue weighted by Gasteiger charge is 2.45. The molecule has 9 rings (SSSR count). The number of carbonyl (C=O) groups is 4. The van der Waals surface area contributed by atoms with Crippen LogP contribution in [0, 0.1) is 0 Å². The van der Waals surface area contributed by atoms with Gasteiger partial charge >= 0.3 is 11.9 Å². The van der Waals surface area contributed by atoms with Crippen molar-refractivity contribution in [2.75, 3.05) is 53.5 Å². The number of aromatic amines is 2. The molecule has 12 heteroatoms. The number of fused-ring (bicyclic) bond motifs is 6. The number of rotatable bonds is 12. The average molecular weight is 835 g/mol. The molecule has 3 aliphatic heterocycles. The molecule has 0 bridgehead atoms. The van der Waals surface area contributed by atoms with Gasteiger partial charge in [-0.3, -0.25) is 9.59 Å². The maximum absolute atomic E-state index is 14.3. The van der Waals surface area contributed by atoms with E-state index in [-0.39, 0.29) is 11.8 Å². The number of amides is 2. The number of H-pyrrole nitrogens is 2. The van der Waals surface area contributed by atoms with E-state index in [2.05, 4.69) is 31.9 Å². The molecule has 1 saturated heterocycles. The first-order valence-electron chi connectivity index (χ1n) is 21.9. The third-order valence-corrected chi connectivity index (χ3v) is 13.2. The number of benzene rings is 4. The van der Waals surface area contributed by atoms with E-state index in [1.165, 1.54) is 14.2 Å². The van der Waals surface area contributed by atoms with Crippen LogP contribution in [0.2, 0.25) is 0 Å². The highest BCUT2D eigenvalue weighted by Crippen LogP contribution is 2.43. The number of nitrogens with one attached hydrogen (secondary N) is 2. The molecule has 2 N–H and O–H groups in total. The molecular weight excluding hydrogens is 781 g/mol. The molecule has 2 aromatic heterocycles. The van der Waals surface area contributed by atoms with Crippen LogP contribution < -0.4 is 0 Å². The van der Waals surface area contributed by atoms with Gasteiger partial charge in [-0.05, 0) is 60.3 Å². The zero-order valence-electron chi connectivity index (χ0n) is 35.4. The molecule has 4 unspecified atom stereocenters. The van der Waals surface area contributed by atoms with Gasteiger partial charge in [-0.1, -0.05) is 97.1 Å². The van der Waals surface area contributed by atoms with Gasteiger partial charge in [-0.25, -0.2) is 9.59 Å². The molecule has 4 aromatic carbocycles. The standard InChI is InChI=1S/C50H54N6O6/c1-61-49(59)41-31-37-35-19-9-11-21-39(35)51-45(37)47(33-15-5-3-6-16-33)55(41)43(57)23-13-25-53-27-29-54(30-28-53)26-14-24-44(58)56-42(50(60)62-2)32-38-36-20-10-12-22-40(36)52-46(38)48(56)34-17-7-4-8-18-34/h3-12,15-22,41-42,47-48,51-52H,13-14,23-32H2,1-2H3. The zero-order chi connectivity index (χ0) is 42.7. The molecule has 6 aromatic rings. The van der Waals surface area contributed by atoms with Crippen LogP contribution >= 0.6 is 0 Å². The zero-order valence-corrected chi connectivity index (χ0v) is 35.4. The fraction of sp³-hybridized carbons (Fsp3) is 0.360. The molecule has 0 aliphatic carbocycles. The van der Waals surface area contributed by atoms with Crippen LogP contribution in [-0.4, -0.2) is 119 Å². The van der Waals surface area contributed by atoms with E-state index in [1.54, 1.807) is 9.80 Å². The highest BCUT2D eigenvalue weighted by molar-refractivity contribution is 5.92. The third-order valence-electron chi connectivity index (χ3n) is 13.2. The number of piperazine rings is 1. The smallest absolute Gasteiger partial charge is 0.328 e. The summed E-state index contributed by atoms with van der Waals surface area (Å²) in [6.07, 6.45) is 2.71. The van der Waals surface area contributed by atoms with Crippen molar-refractivity contribution < 1.29 is 28.7 Å². The lowest BCUT2D eigenvalue weighted by atomic mass is 9.87. The summed E-state index contributed by atoms with van der Waals surface area (Å²) in [6.45, 7) is 4.97. The van der Waals surface area contributed by atoms with E-state index in [0.717, 1.165) is 94.7 Å². The van der Waals surface area contributed by atoms with Gasteiger partial charge in [0.05, 0.1) is 26.3 Å². The Morgan fingerprint density at radius 3 is 1.29 bits per heavy atom. The Labute approximate surface area is 361 Å². The van der Waals surface area contributed by atoms with Crippen molar-refractivity contribution in [1.82, 2.24) is 29.6 Å². The lowest BCUT2D eigenvalue weighted by Crippen LogP contribution is -2.52. The number of methoxy groups -OCH3 is 2. The molecule has 320 valence electrons. The molecule has 12 nitrogen and oxygen atoms in total. The molecule has 0 spiro atoms. The molecule has 4 atom stereocenters. The van der Waals surface area contributed by atoms with Crippen LogP contribution in [-0.2, 0) is 41.5 Å². The molecule has 0 saturated carbocycles. The largest absolute Gasteiger partial charge is 0.467 e. The monoisotopic (exact) mass is 834 g/mol. The van der Waals surface area contributed by atoms with Crippen LogP contribution in [0.1, 0.15) is 71.4 Å². The maximum atomic E-state index is 14.3. The molecule has 1 fully saturated rings. The number of para-hydroxylation sites is 2. The van der Waals surface area contributed by atoms with Crippen molar-refractivity contribution in [1.29, 1.82) is 0 Å². The number of hydrogen-bond donors (Lipinski definition) is 2. The second-order valence-corrected chi connectivity index (χ2v) is 16.7. The number of carbonyl (C=O) groups excluding carboxylic acids is 4. The van der Waals surface area contributed by atoms with Crippen LogP contribution in [0.25, 0.3) is 21.8 Å². The van der Waals surface area contributed by atoms with Crippen molar-refractivity contribution in [3.63, 3.8) is 0 Å². The molecule has 62 heavy (non-hydrogen) atoms. The average Bonchev–Trinajstić information content (AvgIpc) is 3.89. The second kappa shape index (κ2) is 18.0. The van der Waals surface area contributed by atoms with Crippen LogP contribution in [0.15, 0.2) is 109 Å². The summed E-state index contributed by atoms with van der Waals surface area (Å²) in [5, 5.41) is 2.12. The van der Waals surface area contributed by atoms with Gasteiger partial charge in [0.25, 0.3) is 0 Å². The Kier molecular flexibility index (Phi) is 11.9. The van der Waals surface area contributed by atoms with Crippen molar-refractivity contribution in [3.8, 4) is 0 Å². The van der Waals surface area contributed by atoms with E-state index in [4.69, 9.17) is 9.47 Å². The van der Waals surface area contributed by atoms with Crippen molar-refractivity contribution >= 4 is 45.6 Å². The van der Waals surface area contributed by atoms with Gasteiger partial charge in [0.2, 0.25) is 11.8 Å². The van der Waals surface area contributed by atoms with Crippen LogP contribution in [0.5, 0.6) is 0 Å². The fourth-order valence-corrected chi connectivity index (χ4v) is 10.2. The number of aromatic nitrogens is 2. The predicted octanol–water partition coefficient (Wildman–Crippen LogP) is 6.56. The van der Waals surface area contributed by atoms with Gasteiger partial charge in [0.15, 0.2) is 0 Å². The Morgan fingerprint density at radius 1 is 0.532 bits per heavy atom. The van der Waals surface area contributed by atoms with Gasteiger partial charge in [0.1, 0.15) is 12.1 Å². The minimum atomic E-state index is -0.739. The summed E-state index contributed by atoms with van der Waals surface area (Å²) in [5.74, 6) is -0.960. The molecular formula is C50H54N6O6. The number of hydrogen-bond acceptors (Lipinski definition) is 8. The third kappa shape index (κ3) is 7.89. The summed E-state index contributed by atoms with van der Waals surface area (Å²) in [7, 11) is 2.78. The Hall–Kier alpha value is -6.24. The SMILES string of the molecule is COC(=O)C1Cc2c([nH]c3ccccc23)C(c2ccccc2)N1C(=O)CCCN1CCN(CCCC(=O)N2C(C(=O)OC)Cc3c([nH]c4ccccc34)C2c2ccccc2)CC1. The van der Waals surface area contributed by atoms with Crippen molar-refractivity contribution in [2.45, 2.75) is 62.7 Å². The molecule has 3 aliphatic rings. The predicted molar refractivity (Wildman–Crippen MR) is 237 cm³/mol. The maximum Gasteiger partial charge on any atom is 0.328 e. The number of ether oxygens (including phenoxy) is 2. The molecule has 0 radical (unpaired) electrons. The Morgan fingerprint density at radius 2 is 0.903 bits per heavy atom. The Balaban J connectivity index is 0.818. The normalized spacial score (nSPS) is 20.5. The summed E-state index contributed by atoms with van der Waals surface area (Å²) in [6, 6.07) is 33.7. The van der Waals surface area contributed by atoms with E-state index >= 15 is 0 Å². The minimum absolute atomic E-state index is 0.0692. The van der Waals surface area contributed by atoms with Crippen molar-refractivity contribution in [3.05, 3.63) is 143 Å². The summed E-state index contributed by atoms with van der Waals surface area (Å²) >= 11 is 0. The number of nitrogens with zero attached hydrogens (tertiary/aromatic N) is 4. The van der Waals surface area contributed by atoms with Gasteiger partial charge in [-0.2, -0.15) is 0 Å². The summed E-state index contributed by atoms with van der Waals surface area (Å²) in [5.41, 5.74) is 7.85. The summed E-state index contributed by atoms with van der Waals surface area (Å²) in [4.78, 5) is 70.9. The first-order chi connectivity index (χ1) is 30.3. The second-order valence-electron chi connectivity index (χ2n) is 16.7. The Bertz CT molecular complexity index is 2380. The first kappa shape index (κ1) is 41.1.